The lowest BCUT2D eigenvalue weighted by atomic mass is 9.94. The predicted molar refractivity (Wildman–Crippen MR) is 78.7 cm³/mol. The average molecular weight is 264 g/mol. The van der Waals surface area contributed by atoms with Crippen LogP contribution in [0.3, 0.4) is 0 Å². The molecule has 1 saturated carbocycles. The van der Waals surface area contributed by atoms with Crippen LogP contribution in [0.15, 0.2) is 0 Å². The summed E-state index contributed by atoms with van der Waals surface area (Å²) in [5.41, 5.74) is 6.86. The van der Waals surface area contributed by atoms with Gasteiger partial charge in [0, 0.05) is 18.8 Å². The van der Waals surface area contributed by atoms with Crippen molar-refractivity contribution in [1.29, 1.82) is 0 Å². The van der Waals surface area contributed by atoms with Crippen molar-refractivity contribution in [3.05, 3.63) is 17.0 Å². The second kappa shape index (κ2) is 6.53. The Hall–Kier alpha value is -0.870. The van der Waals surface area contributed by atoms with Crippen LogP contribution in [0.2, 0.25) is 0 Å². The van der Waals surface area contributed by atoms with Crippen molar-refractivity contribution in [1.82, 2.24) is 15.2 Å². The second-order valence-electron chi connectivity index (χ2n) is 6.06. The molecule has 3 N–H and O–H groups in total. The molecule has 1 heterocycles. The zero-order valence-electron chi connectivity index (χ0n) is 12.6. The smallest absolute Gasteiger partial charge is 0.0628 e. The van der Waals surface area contributed by atoms with E-state index in [-0.39, 0.29) is 0 Å². The predicted octanol–water partition coefficient (Wildman–Crippen LogP) is 2.38. The van der Waals surface area contributed by atoms with Crippen molar-refractivity contribution in [3.63, 3.8) is 0 Å². The van der Waals surface area contributed by atoms with E-state index in [0.29, 0.717) is 6.04 Å². The maximum absolute atomic E-state index is 5.73. The van der Waals surface area contributed by atoms with Gasteiger partial charge in [-0.15, -0.1) is 0 Å². The van der Waals surface area contributed by atoms with E-state index in [1.54, 1.807) is 0 Å². The molecule has 0 aromatic carbocycles. The molecule has 1 aliphatic carbocycles. The Labute approximate surface area is 116 Å². The Morgan fingerprint density at radius 2 is 2.05 bits per heavy atom. The van der Waals surface area contributed by atoms with E-state index in [4.69, 9.17) is 5.84 Å². The quantitative estimate of drug-likeness (QED) is 0.612. The lowest BCUT2D eigenvalue weighted by Crippen LogP contribution is -2.36. The van der Waals surface area contributed by atoms with Crippen molar-refractivity contribution in [3.8, 4) is 0 Å². The molecule has 1 aromatic heterocycles. The Bertz CT molecular complexity index is 405. The molecule has 0 aliphatic heterocycles. The van der Waals surface area contributed by atoms with Crippen LogP contribution in [0, 0.1) is 19.8 Å². The molecule has 0 saturated heterocycles. The molecule has 108 valence electrons. The summed E-state index contributed by atoms with van der Waals surface area (Å²) in [6, 6.07) is 0.446. The molecule has 1 unspecified atom stereocenters. The van der Waals surface area contributed by atoms with Gasteiger partial charge in [-0.2, -0.15) is 5.10 Å². The Morgan fingerprint density at radius 3 is 2.58 bits per heavy atom. The topological polar surface area (TPSA) is 55.9 Å². The number of hydrazine groups is 1. The Morgan fingerprint density at radius 1 is 1.37 bits per heavy atom. The summed E-state index contributed by atoms with van der Waals surface area (Å²) in [4.78, 5) is 0. The molecule has 0 radical (unpaired) electrons. The normalized spacial score (nSPS) is 18.1. The Kier molecular flexibility index (Phi) is 4.99. The first kappa shape index (κ1) is 14.5. The monoisotopic (exact) mass is 264 g/mol. The zero-order valence-corrected chi connectivity index (χ0v) is 12.6. The van der Waals surface area contributed by atoms with Crippen LogP contribution in [0.4, 0.5) is 0 Å². The van der Waals surface area contributed by atoms with Crippen molar-refractivity contribution in [2.24, 2.45) is 18.8 Å². The average Bonchev–Trinajstić information content (AvgIpc) is 2.97. The van der Waals surface area contributed by atoms with E-state index in [9.17, 15) is 0 Å². The summed E-state index contributed by atoms with van der Waals surface area (Å²) in [5.74, 6) is 6.61. The van der Waals surface area contributed by atoms with Gasteiger partial charge in [-0.05, 0) is 44.6 Å². The van der Waals surface area contributed by atoms with Gasteiger partial charge < -0.3 is 0 Å². The highest BCUT2D eigenvalue weighted by atomic mass is 15.3. The lowest BCUT2D eigenvalue weighted by molar-refractivity contribution is 0.375. The molecular weight excluding hydrogens is 236 g/mol. The number of nitrogens with zero attached hydrogens (tertiary/aromatic N) is 2. The van der Waals surface area contributed by atoms with Gasteiger partial charge in [0.2, 0.25) is 0 Å². The van der Waals surface area contributed by atoms with Crippen LogP contribution < -0.4 is 11.3 Å². The van der Waals surface area contributed by atoms with Crippen LogP contribution in [0.25, 0.3) is 0 Å². The number of nitrogens with one attached hydrogen (secondary N) is 1. The van der Waals surface area contributed by atoms with Crippen LogP contribution in [-0.4, -0.2) is 15.8 Å². The number of aromatic nitrogens is 2. The molecule has 0 amide bonds. The molecule has 1 aromatic rings. The molecule has 4 nitrogen and oxygen atoms in total. The largest absolute Gasteiger partial charge is 0.272 e. The minimum atomic E-state index is 0.446. The first-order chi connectivity index (χ1) is 9.11. The van der Waals surface area contributed by atoms with Crippen molar-refractivity contribution < 1.29 is 0 Å². The van der Waals surface area contributed by atoms with Gasteiger partial charge in [-0.1, -0.05) is 25.7 Å². The van der Waals surface area contributed by atoms with E-state index in [0.717, 1.165) is 24.5 Å². The second-order valence-corrected chi connectivity index (χ2v) is 6.06. The highest BCUT2D eigenvalue weighted by Gasteiger charge is 2.20. The maximum Gasteiger partial charge on any atom is 0.0628 e. The fraction of sp³-hybridized carbons (Fsp3) is 0.800. The summed E-state index contributed by atoms with van der Waals surface area (Å²) in [6.07, 6.45) is 9.01. The van der Waals surface area contributed by atoms with E-state index in [1.807, 2.05) is 11.7 Å². The first-order valence-corrected chi connectivity index (χ1v) is 7.57. The minimum absolute atomic E-state index is 0.446. The fourth-order valence-electron chi connectivity index (χ4n) is 3.42. The van der Waals surface area contributed by atoms with Crippen LogP contribution in [0.5, 0.6) is 0 Å². The number of hydrogen-bond donors (Lipinski definition) is 2. The minimum Gasteiger partial charge on any atom is -0.272 e. The van der Waals surface area contributed by atoms with E-state index >= 15 is 0 Å². The Balaban J connectivity index is 1.88. The van der Waals surface area contributed by atoms with Crippen LogP contribution in [0.1, 0.15) is 55.5 Å². The highest BCUT2D eigenvalue weighted by molar-refractivity contribution is 5.24. The van der Waals surface area contributed by atoms with Gasteiger partial charge in [-0.25, -0.2) is 0 Å². The molecule has 2 rings (SSSR count). The third-order valence-corrected chi connectivity index (χ3v) is 4.73. The summed E-state index contributed by atoms with van der Waals surface area (Å²) in [5, 5.41) is 4.48. The molecule has 0 bridgehead atoms. The third-order valence-electron chi connectivity index (χ3n) is 4.73. The standard InChI is InChI=1S/C15H28N4/c1-11-15(12(2)19(3)18-11)9-8-14(17-16)10-13-6-4-5-7-13/h13-14,17H,4-10,16H2,1-3H3. The maximum atomic E-state index is 5.73. The number of rotatable bonds is 6. The summed E-state index contributed by atoms with van der Waals surface area (Å²) < 4.78 is 1.98. The van der Waals surface area contributed by atoms with Crippen LogP contribution in [-0.2, 0) is 13.5 Å². The number of aryl methyl sites for hydroxylation is 2. The number of hydrogen-bond acceptors (Lipinski definition) is 3. The van der Waals surface area contributed by atoms with E-state index < -0.39 is 0 Å². The first-order valence-electron chi connectivity index (χ1n) is 7.57. The van der Waals surface area contributed by atoms with Crippen molar-refractivity contribution >= 4 is 0 Å². The van der Waals surface area contributed by atoms with E-state index in [2.05, 4.69) is 24.4 Å². The molecule has 19 heavy (non-hydrogen) atoms. The SMILES string of the molecule is Cc1nn(C)c(C)c1CCC(CC1CCCC1)NN. The van der Waals surface area contributed by atoms with Gasteiger partial charge in [0.25, 0.3) is 0 Å². The lowest BCUT2D eigenvalue weighted by Gasteiger charge is -2.19. The van der Waals surface area contributed by atoms with Gasteiger partial charge in [0.15, 0.2) is 0 Å². The molecule has 4 heteroatoms. The van der Waals surface area contributed by atoms with Gasteiger partial charge in [-0.3, -0.25) is 16.0 Å². The highest BCUT2D eigenvalue weighted by Crippen LogP contribution is 2.29. The van der Waals surface area contributed by atoms with Gasteiger partial charge in [0.1, 0.15) is 0 Å². The summed E-state index contributed by atoms with van der Waals surface area (Å²) in [6.45, 7) is 4.25. The van der Waals surface area contributed by atoms with Gasteiger partial charge in [0.05, 0.1) is 5.69 Å². The van der Waals surface area contributed by atoms with Crippen LogP contribution >= 0.6 is 0 Å². The molecule has 1 aliphatic rings. The summed E-state index contributed by atoms with van der Waals surface area (Å²) >= 11 is 0. The molecular formula is C15H28N4. The van der Waals surface area contributed by atoms with Gasteiger partial charge >= 0.3 is 0 Å². The fourth-order valence-corrected chi connectivity index (χ4v) is 3.42. The number of nitrogens with two attached hydrogens (primary N) is 1. The zero-order chi connectivity index (χ0) is 13.8. The van der Waals surface area contributed by atoms with E-state index in [1.165, 1.54) is 43.4 Å². The third kappa shape index (κ3) is 3.57. The molecule has 1 atom stereocenters. The van der Waals surface area contributed by atoms with Crippen molar-refractivity contribution in [2.45, 2.75) is 64.8 Å². The molecule has 1 fully saturated rings. The van der Waals surface area contributed by atoms with Crippen molar-refractivity contribution in [2.75, 3.05) is 0 Å². The molecule has 0 spiro atoms. The summed E-state index contributed by atoms with van der Waals surface area (Å²) in [7, 11) is 2.02.